The van der Waals surface area contributed by atoms with E-state index < -0.39 is 0 Å². The fourth-order valence-corrected chi connectivity index (χ4v) is 2.81. The zero-order valence-electron chi connectivity index (χ0n) is 10.3. The van der Waals surface area contributed by atoms with Crippen LogP contribution in [0.3, 0.4) is 0 Å². The SMILES string of the molecule is CC.CC(C)C1(C)OCCc2ncsc21. The van der Waals surface area contributed by atoms with E-state index in [2.05, 4.69) is 25.8 Å². The fourth-order valence-electron chi connectivity index (χ4n) is 1.71. The first kappa shape index (κ1) is 12.7. The van der Waals surface area contributed by atoms with Crippen molar-refractivity contribution in [1.82, 2.24) is 4.98 Å². The van der Waals surface area contributed by atoms with Gasteiger partial charge in [0.2, 0.25) is 0 Å². The Morgan fingerprint density at radius 2 is 2.13 bits per heavy atom. The Morgan fingerprint density at radius 1 is 1.47 bits per heavy atom. The van der Waals surface area contributed by atoms with E-state index in [9.17, 15) is 0 Å². The second-order valence-corrected chi connectivity index (χ2v) is 4.84. The number of nitrogens with zero attached hydrogens (tertiary/aromatic N) is 1. The molecule has 2 rings (SSSR count). The molecule has 2 heterocycles. The summed E-state index contributed by atoms with van der Waals surface area (Å²) in [5, 5.41) is 0. The summed E-state index contributed by atoms with van der Waals surface area (Å²) in [6.45, 7) is 11.4. The third-order valence-electron chi connectivity index (χ3n) is 2.93. The van der Waals surface area contributed by atoms with Crippen LogP contribution in [0.15, 0.2) is 5.51 Å². The van der Waals surface area contributed by atoms with Crippen molar-refractivity contribution in [3.63, 3.8) is 0 Å². The van der Waals surface area contributed by atoms with Crippen LogP contribution in [-0.2, 0) is 16.8 Å². The largest absolute Gasteiger partial charge is 0.369 e. The molecule has 0 N–H and O–H groups in total. The van der Waals surface area contributed by atoms with Crippen LogP contribution in [0.1, 0.15) is 45.2 Å². The van der Waals surface area contributed by atoms with Crippen molar-refractivity contribution in [1.29, 1.82) is 0 Å². The highest BCUT2D eigenvalue weighted by molar-refractivity contribution is 7.09. The lowest BCUT2D eigenvalue weighted by Gasteiger charge is -2.36. The number of ether oxygens (including phenoxy) is 1. The number of hydrogen-bond donors (Lipinski definition) is 0. The second kappa shape index (κ2) is 5.08. The summed E-state index contributed by atoms with van der Waals surface area (Å²) in [4.78, 5) is 5.70. The van der Waals surface area contributed by atoms with Gasteiger partial charge < -0.3 is 4.74 Å². The Hall–Kier alpha value is -0.410. The Morgan fingerprint density at radius 3 is 2.73 bits per heavy atom. The molecule has 0 aliphatic carbocycles. The van der Waals surface area contributed by atoms with Crippen LogP contribution in [0, 0.1) is 5.92 Å². The van der Waals surface area contributed by atoms with Crippen LogP contribution >= 0.6 is 11.3 Å². The third-order valence-corrected chi connectivity index (χ3v) is 4.02. The van der Waals surface area contributed by atoms with Gasteiger partial charge in [-0.15, -0.1) is 11.3 Å². The van der Waals surface area contributed by atoms with Gasteiger partial charge in [-0.1, -0.05) is 27.7 Å². The average molecular weight is 227 g/mol. The van der Waals surface area contributed by atoms with Gasteiger partial charge in [-0.3, -0.25) is 0 Å². The minimum atomic E-state index is -0.102. The molecule has 0 saturated carbocycles. The smallest absolute Gasteiger partial charge is 0.104 e. The Kier molecular flexibility index (Phi) is 4.29. The van der Waals surface area contributed by atoms with Crippen LogP contribution in [0.25, 0.3) is 0 Å². The van der Waals surface area contributed by atoms with Crippen LogP contribution in [0.5, 0.6) is 0 Å². The molecule has 1 unspecified atom stereocenters. The quantitative estimate of drug-likeness (QED) is 0.731. The maximum atomic E-state index is 5.88. The van der Waals surface area contributed by atoms with Crippen molar-refractivity contribution in [3.05, 3.63) is 16.1 Å². The van der Waals surface area contributed by atoms with E-state index in [0.29, 0.717) is 5.92 Å². The van der Waals surface area contributed by atoms with E-state index in [-0.39, 0.29) is 5.60 Å². The predicted octanol–water partition coefficient (Wildman–Crippen LogP) is 3.61. The summed E-state index contributed by atoms with van der Waals surface area (Å²) in [5.41, 5.74) is 3.07. The zero-order chi connectivity index (χ0) is 11.5. The average Bonchev–Trinajstić information content (AvgIpc) is 2.70. The number of rotatable bonds is 1. The molecule has 86 valence electrons. The second-order valence-electron chi connectivity index (χ2n) is 3.99. The minimum absolute atomic E-state index is 0.102. The van der Waals surface area contributed by atoms with Gasteiger partial charge >= 0.3 is 0 Å². The van der Waals surface area contributed by atoms with Crippen LogP contribution in [0.4, 0.5) is 0 Å². The molecule has 0 saturated heterocycles. The molecule has 3 heteroatoms. The molecule has 0 radical (unpaired) electrons. The first-order chi connectivity index (χ1) is 7.14. The van der Waals surface area contributed by atoms with E-state index in [0.717, 1.165) is 13.0 Å². The summed E-state index contributed by atoms with van der Waals surface area (Å²) in [6.07, 6.45) is 0.973. The normalized spacial score (nSPS) is 24.4. The molecular weight excluding hydrogens is 206 g/mol. The number of aromatic nitrogens is 1. The van der Waals surface area contributed by atoms with E-state index in [4.69, 9.17) is 4.74 Å². The molecule has 2 nitrogen and oxygen atoms in total. The highest BCUT2D eigenvalue weighted by atomic mass is 32.1. The lowest BCUT2D eigenvalue weighted by molar-refractivity contribution is -0.0767. The monoisotopic (exact) mass is 227 g/mol. The molecule has 1 aliphatic rings. The standard InChI is InChI=1S/C10H15NOS.C2H6/c1-7(2)10(3)9-8(4-5-12-10)11-6-13-9;1-2/h6-7H,4-5H2,1-3H3;1-2H3. The number of hydrogen-bond acceptors (Lipinski definition) is 3. The lowest BCUT2D eigenvalue weighted by Crippen LogP contribution is -2.36. The topological polar surface area (TPSA) is 22.1 Å². The molecule has 0 bridgehead atoms. The molecule has 1 aliphatic heterocycles. The summed E-state index contributed by atoms with van der Waals surface area (Å²) in [7, 11) is 0. The third kappa shape index (κ3) is 2.23. The maximum absolute atomic E-state index is 5.88. The first-order valence-corrected chi connectivity index (χ1v) is 6.59. The van der Waals surface area contributed by atoms with Gasteiger partial charge in [-0.05, 0) is 12.8 Å². The van der Waals surface area contributed by atoms with Gasteiger partial charge in [0.1, 0.15) is 5.60 Å². The molecule has 1 atom stereocenters. The van der Waals surface area contributed by atoms with Gasteiger partial charge in [0.05, 0.1) is 22.7 Å². The van der Waals surface area contributed by atoms with Crippen molar-refractivity contribution in [2.24, 2.45) is 5.92 Å². The molecule has 0 spiro atoms. The summed E-state index contributed by atoms with van der Waals surface area (Å²) < 4.78 is 5.88. The van der Waals surface area contributed by atoms with Gasteiger partial charge in [-0.2, -0.15) is 0 Å². The molecular formula is C12H21NOS. The Balaban J connectivity index is 0.000000531. The van der Waals surface area contributed by atoms with Crippen LogP contribution < -0.4 is 0 Å². The van der Waals surface area contributed by atoms with Gasteiger partial charge in [-0.25, -0.2) is 4.98 Å². The van der Waals surface area contributed by atoms with E-state index in [1.54, 1.807) is 11.3 Å². The molecule has 15 heavy (non-hydrogen) atoms. The predicted molar refractivity (Wildman–Crippen MR) is 65.3 cm³/mol. The van der Waals surface area contributed by atoms with Crippen molar-refractivity contribution in [2.45, 2.75) is 46.6 Å². The van der Waals surface area contributed by atoms with Gasteiger partial charge in [0.15, 0.2) is 0 Å². The van der Waals surface area contributed by atoms with E-state index in [1.807, 2.05) is 19.4 Å². The van der Waals surface area contributed by atoms with Crippen LogP contribution in [0.2, 0.25) is 0 Å². The highest BCUT2D eigenvalue weighted by Crippen LogP contribution is 2.40. The molecule has 0 aromatic carbocycles. The van der Waals surface area contributed by atoms with Gasteiger partial charge in [0, 0.05) is 6.42 Å². The molecule has 1 aromatic rings. The van der Waals surface area contributed by atoms with Crippen molar-refractivity contribution < 1.29 is 4.74 Å². The van der Waals surface area contributed by atoms with Crippen molar-refractivity contribution in [3.8, 4) is 0 Å². The molecule has 1 aromatic heterocycles. The summed E-state index contributed by atoms with van der Waals surface area (Å²) >= 11 is 1.72. The minimum Gasteiger partial charge on any atom is -0.369 e. The van der Waals surface area contributed by atoms with E-state index in [1.165, 1.54) is 10.6 Å². The molecule has 0 amide bonds. The summed E-state index contributed by atoms with van der Waals surface area (Å²) in [6, 6.07) is 0. The fraction of sp³-hybridized carbons (Fsp3) is 0.750. The van der Waals surface area contributed by atoms with Crippen LogP contribution in [-0.4, -0.2) is 11.6 Å². The van der Waals surface area contributed by atoms with Crippen molar-refractivity contribution >= 4 is 11.3 Å². The highest BCUT2D eigenvalue weighted by Gasteiger charge is 2.38. The number of thiazole rings is 1. The van der Waals surface area contributed by atoms with Gasteiger partial charge in [0.25, 0.3) is 0 Å². The Labute approximate surface area is 96.7 Å². The summed E-state index contributed by atoms with van der Waals surface area (Å²) in [5.74, 6) is 0.506. The maximum Gasteiger partial charge on any atom is 0.104 e. The van der Waals surface area contributed by atoms with Crippen molar-refractivity contribution in [2.75, 3.05) is 6.61 Å². The zero-order valence-corrected chi connectivity index (χ0v) is 11.1. The molecule has 0 fully saturated rings. The Bertz CT molecular complexity index is 308. The number of fused-ring (bicyclic) bond motifs is 1. The first-order valence-electron chi connectivity index (χ1n) is 5.71. The lowest BCUT2D eigenvalue weighted by atomic mass is 9.87. The van der Waals surface area contributed by atoms with E-state index >= 15 is 0 Å².